The van der Waals surface area contributed by atoms with Gasteiger partial charge in [0, 0.05) is 35.9 Å². The monoisotopic (exact) mass is 409 g/mol. The SMILES string of the molecule is CCOc1ccc(NCC(C)C)cc1C(=O)NCc1cccc(-c2nccs2)c1. The van der Waals surface area contributed by atoms with Crippen LogP contribution in [0.15, 0.2) is 54.0 Å². The topological polar surface area (TPSA) is 63.2 Å². The van der Waals surface area contributed by atoms with Crippen LogP contribution in [0.4, 0.5) is 5.69 Å². The highest BCUT2D eigenvalue weighted by Crippen LogP contribution is 2.24. The fourth-order valence-electron chi connectivity index (χ4n) is 2.88. The van der Waals surface area contributed by atoms with Gasteiger partial charge in [0.05, 0.1) is 12.2 Å². The van der Waals surface area contributed by atoms with Gasteiger partial charge in [0.2, 0.25) is 0 Å². The molecule has 3 rings (SSSR count). The molecular weight excluding hydrogens is 382 g/mol. The van der Waals surface area contributed by atoms with Crippen molar-refractivity contribution in [3.05, 3.63) is 65.2 Å². The number of carbonyl (C=O) groups is 1. The van der Waals surface area contributed by atoms with Gasteiger partial charge in [-0.3, -0.25) is 4.79 Å². The average molecular weight is 410 g/mol. The van der Waals surface area contributed by atoms with Crippen LogP contribution in [0.25, 0.3) is 10.6 Å². The summed E-state index contributed by atoms with van der Waals surface area (Å²) in [6, 6.07) is 13.7. The van der Waals surface area contributed by atoms with E-state index in [1.807, 2.05) is 48.7 Å². The second-order valence-electron chi connectivity index (χ2n) is 7.14. The van der Waals surface area contributed by atoms with Gasteiger partial charge in [-0.15, -0.1) is 11.3 Å². The van der Waals surface area contributed by atoms with E-state index in [9.17, 15) is 4.79 Å². The first-order valence-corrected chi connectivity index (χ1v) is 10.7. The summed E-state index contributed by atoms with van der Waals surface area (Å²) in [5.41, 5.74) is 3.54. The molecule has 0 radical (unpaired) electrons. The Morgan fingerprint density at radius 3 is 2.79 bits per heavy atom. The molecule has 2 aromatic carbocycles. The lowest BCUT2D eigenvalue weighted by Crippen LogP contribution is -2.23. The molecule has 2 N–H and O–H groups in total. The van der Waals surface area contributed by atoms with Crippen LogP contribution < -0.4 is 15.4 Å². The Morgan fingerprint density at radius 2 is 2.07 bits per heavy atom. The van der Waals surface area contributed by atoms with Crippen LogP contribution in [0.5, 0.6) is 5.75 Å². The molecule has 3 aromatic rings. The number of amides is 1. The van der Waals surface area contributed by atoms with Crippen molar-refractivity contribution in [1.29, 1.82) is 0 Å². The number of nitrogens with zero attached hydrogens (tertiary/aromatic N) is 1. The van der Waals surface area contributed by atoms with Crippen molar-refractivity contribution in [3.8, 4) is 16.3 Å². The molecule has 29 heavy (non-hydrogen) atoms. The van der Waals surface area contributed by atoms with E-state index in [1.54, 1.807) is 17.5 Å². The van der Waals surface area contributed by atoms with Gasteiger partial charge in [-0.05, 0) is 42.7 Å². The molecule has 0 saturated carbocycles. The number of carbonyl (C=O) groups excluding carboxylic acids is 1. The first-order chi connectivity index (χ1) is 14.1. The molecule has 152 valence electrons. The minimum absolute atomic E-state index is 0.152. The molecule has 0 bridgehead atoms. The maximum atomic E-state index is 12.9. The highest BCUT2D eigenvalue weighted by Gasteiger charge is 2.14. The highest BCUT2D eigenvalue weighted by atomic mass is 32.1. The fourth-order valence-corrected chi connectivity index (χ4v) is 3.51. The van der Waals surface area contributed by atoms with Crippen LogP contribution in [0.1, 0.15) is 36.7 Å². The van der Waals surface area contributed by atoms with E-state index in [2.05, 4.69) is 35.5 Å². The summed E-state index contributed by atoms with van der Waals surface area (Å²) in [4.78, 5) is 17.2. The van der Waals surface area contributed by atoms with Crippen LogP contribution >= 0.6 is 11.3 Å². The first-order valence-electron chi connectivity index (χ1n) is 9.84. The molecule has 1 amide bonds. The largest absolute Gasteiger partial charge is 0.493 e. The van der Waals surface area contributed by atoms with Gasteiger partial charge >= 0.3 is 0 Å². The highest BCUT2D eigenvalue weighted by molar-refractivity contribution is 7.13. The van der Waals surface area contributed by atoms with E-state index < -0.39 is 0 Å². The molecule has 6 heteroatoms. The van der Waals surface area contributed by atoms with Gasteiger partial charge in [-0.2, -0.15) is 0 Å². The first kappa shape index (κ1) is 20.9. The molecule has 0 aliphatic heterocycles. The van der Waals surface area contributed by atoms with Gasteiger partial charge in [-0.1, -0.05) is 32.0 Å². The molecule has 0 spiro atoms. The van der Waals surface area contributed by atoms with Crippen molar-refractivity contribution >= 4 is 22.9 Å². The zero-order chi connectivity index (χ0) is 20.6. The fraction of sp³-hybridized carbons (Fsp3) is 0.304. The van der Waals surface area contributed by atoms with Gasteiger partial charge in [0.15, 0.2) is 0 Å². The number of aromatic nitrogens is 1. The summed E-state index contributed by atoms with van der Waals surface area (Å²) < 4.78 is 5.66. The number of anilines is 1. The van der Waals surface area contributed by atoms with E-state index in [0.717, 1.165) is 28.4 Å². The van der Waals surface area contributed by atoms with E-state index >= 15 is 0 Å². The predicted molar refractivity (Wildman–Crippen MR) is 120 cm³/mol. The Hall–Kier alpha value is -2.86. The van der Waals surface area contributed by atoms with Gasteiger partial charge in [0.25, 0.3) is 5.91 Å². The summed E-state index contributed by atoms with van der Waals surface area (Å²) in [7, 11) is 0. The van der Waals surface area contributed by atoms with Crippen molar-refractivity contribution < 1.29 is 9.53 Å². The second kappa shape index (κ2) is 10.1. The summed E-state index contributed by atoms with van der Waals surface area (Å²) in [5, 5.41) is 9.31. The maximum absolute atomic E-state index is 12.9. The molecular formula is C23H27N3O2S. The quantitative estimate of drug-likeness (QED) is 0.509. The molecule has 0 fully saturated rings. The van der Waals surface area contributed by atoms with Crippen molar-refractivity contribution in [2.24, 2.45) is 5.92 Å². The molecule has 0 aliphatic rings. The Balaban J connectivity index is 1.72. The standard InChI is InChI=1S/C23H27N3O2S/c1-4-28-21-9-8-19(25-14-16(2)3)13-20(21)22(27)26-15-17-6-5-7-18(12-17)23-24-10-11-29-23/h5-13,16,25H,4,14-15H2,1-3H3,(H,26,27). The normalized spacial score (nSPS) is 10.8. The average Bonchev–Trinajstić information content (AvgIpc) is 3.26. The smallest absolute Gasteiger partial charge is 0.255 e. The van der Waals surface area contributed by atoms with E-state index in [0.29, 0.717) is 30.4 Å². The number of ether oxygens (including phenoxy) is 1. The third kappa shape index (κ3) is 5.81. The summed E-state index contributed by atoms with van der Waals surface area (Å²) in [5.74, 6) is 0.960. The van der Waals surface area contributed by atoms with Crippen LogP contribution in [0, 0.1) is 5.92 Å². The minimum Gasteiger partial charge on any atom is -0.493 e. The van der Waals surface area contributed by atoms with Crippen molar-refractivity contribution in [3.63, 3.8) is 0 Å². The Kier molecular flexibility index (Phi) is 7.25. The lowest BCUT2D eigenvalue weighted by atomic mass is 10.1. The summed E-state index contributed by atoms with van der Waals surface area (Å²) in [6.45, 7) is 8.00. The van der Waals surface area contributed by atoms with Gasteiger partial charge in [0.1, 0.15) is 10.8 Å². The molecule has 0 atom stereocenters. The van der Waals surface area contributed by atoms with Crippen LogP contribution in [-0.4, -0.2) is 24.0 Å². The zero-order valence-electron chi connectivity index (χ0n) is 17.1. The molecule has 0 saturated heterocycles. The number of benzene rings is 2. The number of thiazole rings is 1. The molecule has 5 nitrogen and oxygen atoms in total. The van der Waals surface area contributed by atoms with Gasteiger partial charge in [-0.25, -0.2) is 4.98 Å². The van der Waals surface area contributed by atoms with Gasteiger partial charge < -0.3 is 15.4 Å². The van der Waals surface area contributed by atoms with Crippen LogP contribution in [-0.2, 0) is 6.54 Å². The molecule has 0 unspecified atom stereocenters. The summed E-state index contributed by atoms with van der Waals surface area (Å²) >= 11 is 1.60. The van der Waals surface area contributed by atoms with E-state index in [1.165, 1.54) is 0 Å². The second-order valence-corrected chi connectivity index (χ2v) is 8.03. The van der Waals surface area contributed by atoms with Crippen molar-refractivity contribution in [1.82, 2.24) is 10.3 Å². The van der Waals surface area contributed by atoms with E-state index in [4.69, 9.17) is 4.74 Å². The lowest BCUT2D eigenvalue weighted by Gasteiger charge is -2.14. The zero-order valence-corrected chi connectivity index (χ0v) is 17.9. The predicted octanol–water partition coefficient (Wildman–Crippen LogP) is 5.21. The number of rotatable bonds is 9. The molecule has 1 aromatic heterocycles. The number of hydrogen-bond acceptors (Lipinski definition) is 5. The third-order valence-corrected chi connectivity index (χ3v) is 5.12. The molecule has 0 aliphatic carbocycles. The maximum Gasteiger partial charge on any atom is 0.255 e. The Bertz CT molecular complexity index is 939. The number of nitrogens with one attached hydrogen (secondary N) is 2. The van der Waals surface area contributed by atoms with Crippen molar-refractivity contribution in [2.75, 3.05) is 18.5 Å². The third-order valence-electron chi connectivity index (χ3n) is 4.30. The Morgan fingerprint density at radius 1 is 1.21 bits per heavy atom. The Labute approximate surface area is 176 Å². The minimum atomic E-state index is -0.152. The lowest BCUT2D eigenvalue weighted by molar-refractivity contribution is 0.0947. The van der Waals surface area contributed by atoms with E-state index in [-0.39, 0.29) is 5.91 Å². The van der Waals surface area contributed by atoms with Crippen LogP contribution in [0.3, 0.4) is 0 Å². The number of hydrogen-bond donors (Lipinski definition) is 2. The van der Waals surface area contributed by atoms with Crippen LogP contribution in [0.2, 0.25) is 0 Å². The molecule has 1 heterocycles. The summed E-state index contributed by atoms with van der Waals surface area (Å²) in [6.07, 6.45) is 1.80. The van der Waals surface area contributed by atoms with Crippen molar-refractivity contribution in [2.45, 2.75) is 27.3 Å².